The molecule has 0 amide bonds. The van der Waals surface area contributed by atoms with Crippen LogP contribution in [0.5, 0.6) is 11.5 Å². The fourth-order valence-electron chi connectivity index (χ4n) is 2.71. The molecule has 0 aliphatic heterocycles. The maximum absolute atomic E-state index is 13.1. The number of aliphatic hydroxyl groups excluding tert-OH is 1. The Bertz CT molecular complexity index is 759. The zero-order valence-corrected chi connectivity index (χ0v) is 16.8. The number of halogens is 1. The molecule has 0 bridgehead atoms. The van der Waals surface area contributed by atoms with Crippen molar-refractivity contribution in [3.8, 4) is 11.5 Å². The molecule has 2 N–H and O–H groups in total. The highest BCUT2D eigenvalue weighted by Gasteiger charge is 2.13. The first-order valence-electron chi connectivity index (χ1n) is 9.11. The van der Waals surface area contributed by atoms with Crippen LogP contribution >= 0.6 is 0 Å². The van der Waals surface area contributed by atoms with E-state index in [4.69, 9.17) is 9.47 Å². The highest BCUT2D eigenvalue weighted by Crippen LogP contribution is 2.26. The van der Waals surface area contributed by atoms with Gasteiger partial charge >= 0.3 is 0 Å². The Kier molecular flexibility index (Phi) is 8.07. The minimum atomic E-state index is -0.808. The van der Waals surface area contributed by atoms with Gasteiger partial charge in [-0.25, -0.2) is 4.39 Å². The Labute approximate surface area is 165 Å². The van der Waals surface area contributed by atoms with Gasteiger partial charge in [-0.1, -0.05) is 12.1 Å². The number of ether oxygens (including phenoxy) is 2. The van der Waals surface area contributed by atoms with Crippen LogP contribution in [0.2, 0.25) is 0 Å². The molecular weight excluding hydrogens is 361 g/mol. The fraction of sp³-hybridized carbons (Fsp3) is 0.381. The van der Waals surface area contributed by atoms with Gasteiger partial charge in [-0.05, 0) is 42.3 Å². The van der Waals surface area contributed by atoms with Crippen LogP contribution in [0.4, 0.5) is 4.39 Å². The van der Waals surface area contributed by atoms with Gasteiger partial charge in [-0.3, -0.25) is 4.99 Å². The average molecular weight is 389 g/mol. The molecule has 2 rings (SSSR count). The maximum atomic E-state index is 13.1. The SMILES string of the molecule is CCNC(=NCC(O)c1cc(OC)cc(OC)c1)N(C)Cc1ccc(F)cc1. The van der Waals surface area contributed by atoms with Crippen molar-refractivity contribution in [2.75, 3.05) is 34.4 Å². The summed E-state index contributed by atoms with van der Waals surface area (Å²) in [5.41, 5.74) is 1.63. The Balaban J connectivity index is 2.11. The Morgan fingerprint density at radius 2 is 1.75 bits per heavy atom. The van der Waals surface area contributed by atoms with Gasteiger partial charge in [0.2, 0.25) is 0 Å². The second-order valence-corrected chi connectivity index (χ2v) is 6.34. The predicted octanol–water partition coefficient (Wildman–Crippen LogP) is 2.97. The van der Waals surface area contributed by atoms with Crippen molar-refractivity contribution in [1.82, 2.24) is 10.2 Å². The molecule has 0 aliphatic carbocycles. The number of nitrogens with zero attached hydrogens (tertiary/aromatic N) is 2. The summed E-state index contributed by atoms with van der Waals surface area (Å²) >= 11 is 0. The quantitative estimate of drug-likeness (QED) is 0.537. The van der Waals surface area contributed by atoms with E-state index in [2.05, 4.69) is 10.3 Å². The number of nitrogens with one attached hydrogen (secondary N) is 1. The van der Waals surface area contributed by atoms with Crippen LogP contribution in [0.1, 0.15) is 24.2 Å². The van der Waals surface area contributed by atoms with Crippen LogP contribution in [0.3, 0.4) is 0 Å². The van der Waals surface area contributed by atoms with Gasteiger partial charge in [0.25, 0.3) is 0 Å². The van der Waals surface area contributed by atoms with Gasteiger partial charge in [0, 0.05) is 26.2 Å². The lowest BCUT2D eigenvalue weighted by molar-refractivity contribution is 0.185. The van der Waals surface area contributed by atoms with E-state index in [1.807, 2.05) is 18.9 Å². The summed E-state index contributed by atoms with van der Waals surface area (Å²) in [5.74, 6) is 1.61. The number of hydrogen-bond donors (Lipinski definition) is 2. The average Bonchev–Trinajstić information content (AvgIpc) is 2.71. The van der Waals surface area contributed by atoms with Gasteiger partial charge in [-0.2, -0.15) is 0 Å². The molecule has 0 spiro atoms. The first-order valence-corrected chi connectivity index (χ1v) is 9.11. The monoisotopic (exact) mass is 389 g/mol. The number of guanidine groups is 1. The predicted molar refractivity (Wildman–Crippen MR) is 108 cm³/mol. The molecule has 2 aromatic rings. The summed E-state index contributed by atoms with van der Waals surface area (Å²) in [6.45, 7) is 3.40. The van der Waals surface area contributed by atoms with E-state index >= 15 is 0 Å². The highest BCUT2D eigenvalue weighted by molar-refractivity contribution is 5.79. The summed E-state index contributed by atoms with van der Waals surface area (Å²) in [5, 5.41) is 13.8. The first-order chi connectivity index (χ1) is 13.5. The van der Waals surface area contributed by atoms with Crippen molar-refractivity contribution < 1.29 is 19.0 Å². The summed E-state index contributed by atoms with van der Waals surface area (Å²) in [6, 6.07) is 11.6. The van der Waals surface area contributed by atoms with Gasteiger partial charge in [0.05, 0.1) is 26.9 Å². The van der Waals surface area contributed by atoms with Crippen molar-refractivity contribution in [2.24, 2.45) is 4.99 Å². The summed E-state index contributed by atoms with van der Waals surface area (Å²) in [6.07, 6.45) is -0.808. The molecule has 0 aliphatic rings. The van der Waals surface area contributed by atoms with E-state index in [0.29, 0.717) is 36.1 Å². The molecule has 28 heavy (non-hydrogen) atoms. The summed E-state index contributed by atoms with van der Waals surface area (Å²) < 4.78 is 23.6. The van der Waals surface area contributed by atoms with Gasteiger partial charge in [0.1, 0.15) is 17.3 Å². The molecule has 1 atom stereocenters. The topological polar surface area (TPSA) is 66.3 Å². The fourth-order valence-corrected chi connectivity index (χ4v) is 2.71. The van der Waals surface area contributed by atoms with Crippen LogP contribution in [-0.2, 0) is 6.54 Å². The van der Waals surface area contributed by atoms with Crippen molar-refractivity contribution in [3.05, 3.63) is 59.4 Å². The van der Waals surface area contributed by atoms with Crippen LogP contribution in [0.25, 0.3) is 0 Å². The van der Waals surface area contributed by atoms with Crippen molar-refractivity contribution in [3.63, 3.8) is 0 Å². The lowest BCUT2D eigenvalue weighted by Crippen LogP contribution is -2.38. The van der Waals surface area contributed by atoms with Crippen molar-refractivity contribution in [1.29, 1.82) is 0 Å². The molecule has 152 valence electrons. The molecule has 0 saturated heterocycles. The molecule has 7 heteroatoms. The summed E-state index contributed by atoms with van der Waals surface area (Å²) in [7, 11) is 5.03. The Hall–Kier alpha value is -2.80. The van der Waals surface area contributed by atoms with E-state index in [1.54, 1.807) is 44.6 Å². The molecule has 0 heterocycles. The van der Waals surface area contributed by atoms with Gasteiger partial charge in [0.15, 0.2) is 5.96 Å². The third-order valence-corrected chi connectivity index (χ3v) is 4.20. The third-order valence-electron chi connectivity index (χ3n) is 4.20. The number of rotatable bonds is 8. The van der Waals surface area contributed by atoms with E-state index < -0.39 is 6.10 Å². The van der Waals surface area contributed by atoms with Gasteiger partial charge in [-0.15, -0.1) is 0 Å². The minimum absolute atomic E-state index is 0.173. The standard InChI is InChI=1S/C21H28FN3O3/c1-5-23-21(25(2)14-15-6-8-17(22)9-7-15)24-13-20(26)16-10-18(27-3)12-19(11-16)28-4/h6-12,20,26H,5,13-14H2,1-4H3,(H,23,24). The number of aliphatic hydroxyl groups is 1. The summed E-state index contributed by atoms with van der Waals surface area (Å²) in [4.78, 5) is 6.47. The number of aliphatic imine (C=N–C) groups is 1. The smallest absolute Gasteiger partial charge is 0.194 e. The van der Waals surface area contributed by atoms with E-state index in [0.717, 1.165) is 5.56 Å². The van der Waals surface area contributed by atoms with Crippen molar-refractivity contribution >= 4 is 5.96 Å². The largest absolute Gasteiger partial charge is 0.497 e. The van der Waals surface area contributed by atoms with E-state index in [9.17, 15) is 9.50 Å². The number of hydrogen-bond acceptors (Lipinski definition) is 4. The first kappa shape index (κ1) is 21.5. The number of methoxy groups -OCH3 is 2. The molecule has 6 nitrogen and oxygen atoms in total. The van der Waals surface area contributed by atoms with Crippen LogP contribution in [0, 0.1) is 5.82 Å². The highest BCUT2D eigenvalue weighted by atomic mass is 19.1. The molecule has 0 aromatic heterocycles. The lowest BCUT2D eigenvalue weighted by atomic mass is 10.1. The van der Waals surface area contributed by atoms with Crippen LogP contribution < -0.4 is 14.8 Å². The van der Waals surface area contributed by atoms with E-state index in [-0.39, 0.29) is 12.4 Å². The molecule has 0 saturated carbocycles. The molecule has 0 radical (unpaired) electrons. The second-order valence-electron chi connectivity index (χ2n) is 6.34. The molecule has 1 unspecified atom stereocenters. The zero-order valence-electron chi connectivity index (χ0n) is 16.8. The minimum Gasteiger partial charge on any atom is -0.497 e. The maximum Gasteiger partial charge on any atom is 0.194 e. The van der Waals surface area contributed by atoms with Crippen LogP contribution in [-0.4, -0.2) is 50.3 Å². The van der Waals surface area contributed by atoms with Crippen molar-refractivity contribution in [2.45, 2.75) is 19.6 Å². The zero-order chi connectivity index (χ0) is 20.5. The Morgan fingerprint density at radius 1 is 1.14 bits per heavy atom. The van der Waals surface area contributed by atoms with Gasteiger partial charge < -0.3 is 24.8 Å². The molecular formula is C21H28FN3O3. The third kappa shape index (κ3) is 6.13. The molecule has 2 aromatic carbocycles. The second kappa shape index (κ2) is 10.5. The van der Waals surface area contributed by atoms with E-state index in [1.165, 1.54) is 12.1 Å². The normalized spacial score (nSPS) is 12.4. The Morgan fingerprint density at radius 3 is 2.29 bits per heavy atom. The molecule has 0 fully saturated rings. The van der Waals surface area contributed by atoms with Crippen LogP contribution in [0.15, 0.2) is 47.5 Å². The lowest BCUT2D eigenvalue weighted by Gasteiger charge is -2.23. The number of benzene rings is 2.